The molecule has 1 fully saturated rings. The van der Waals surface area contributed by atoms with Gasteiger partial charge in [0.1, 0.15) is 5.69 Å². The first-order valence-corrected chi connectivity index (χ1v) is 12.9. The molecule has 3 heterocycles. The number of anilines is 1. The van der Waals surface area contributed by atoms with Crippen LogP contribution in [0.2, 0.25) is 0 Å². The number of carbonyl (C=O) groups excluding carboxylic acids is 2. The summed E-state index contributed by atoms with van der Waals surface area (Å²) in [6.45, 7) is 6.68. The molecule has 1 aliphatic rings. The van der Waals surface area contributed by atoms with E-state index in [2.05, 4.69) is 20.6 Å². The van der Waals surface area contributed by atoms with Gasteiger partial charge in [0.05, 0.1) is 11.5 Å². The lowest BCUT2D eigenvalue weighted by Crippen LogP contribution is -2.50. The van der Waals surface area contributed by atoms with E-state index in [9.17, 15) is 18.0 Å². The van der Waals surface area contributed by atoms with Crippen LogP contribution in [0.4, 0.5) is 10.8 Å². The maximum Gasteiger partial charge on any atom is 0.409 e. The van der Waals surface area contributed by atoms with Crippen molar-refractivity contribution >= 4 is 28.0 Å². The van der Waals surface area contributed by atoms with Crippen LogP contribution in [0, 0.1) is 0 Å². The van der Waals surface area contributed by atoms with Gasteiger partial charge in [-0.1, -0.05) is 5.10 Å². The van der Waals surface area contributed by atoms with Crippen LogP contribution in [0.25, 0.3) is 11.6 Å². The number of hydrogen-bond acceptors (Lipinski definition) is 9. The monoisotopic (exact) mass is 517 g/mol. The van der Waals surface area contributed by atoms with Crippen LogP contribution in [0.3, 0.4) is 0 Å². The van der Waals surface area contributed by atoms with Crippen LogP contribution in [0.1, 0.15) is 37.2 Å². The van der Waals surface area contributed by atoms with Crippen molar-refractivity contribution in [3.05, 3.63) is 42.1 Å². The minimum atomic E-state index is -3.78. The van der Waals surface area contributed by atoms with Crippen molar-refractivity contribution in [3.8, 4) is 11.6 Å². The molecule has 0 spiro atoms. The van der Waals surface area contributed by atoms with Gasteiger partial charge in [-0.05, 0) is 51.1 Å². The molecule has 3 aromatic rings. The fourth-order valence-corrected chi connectivity index (χ4v) is 5.12. The molecule has 0 unspecified atom stereocenters. The maximum absolute atomic E-state index is 13.0. The van der Waals surface area contributed by atoms with Crippen LogP contribution >= 0.6 is 0 Å². The molecule has 1 aliphatic heterocycles. The Morgan fingerprint density at radius 2 is 1.78 bits per heavy atom. The minimum Gasteiger partial charge on any atom is -0.450 e. The van der Waals surface area contributed by atoms with E-state index in [-0.39, 0.29) is 61.2 Å². The average molecular weight is 518 g/mol. The summed E-state index contributed by atoms with van der Waals surface area (Å²) in [5.41, 5.74) is 0.837. The molecule has 0 bridgehead atoms. The number of nitrogens with one attached hydrogen (secondary N) is 1. The van der Waals surface area contributed by atoms with Gasteiger partial charge in [-0.15, -0.1) is 5.10 Å². The van der Waals surface area contributed by atoms with Crippen LogP contribution in [-0.4, -0.2) is 82.4 Å². The second kappa shape index (κ2) is 10.5. The van der Waals surface area contributed by atoms with E-state index in [1.165, 1.54) is 33.5 Å². The SMILES string of the molecule is CCOC(=O)N1CCN(S(=O)(=O)c2ccc(C(=O)Nc3nnc(-c4ccnn4C(C)C)o3)cc2)CC1. The zero-order valence-corrected chi connectivity index (χ0v) is 20.9. The molecule has 0 radical (unpaired) electrons. The normalized spacial score (nSPS) is 14.7. The summed E-state index contributed by atoms with van der Waals surface area (Å²) in [6, 6.07) is 7.25. The summed E-state index contributed by atoms with van der Waals surface area (Å²) >= 11 is 0. The molecule has 1 aromatic carbocycles. The van der Waals surface area contributed by atoms with Crippen LogP contribution in [0.5, 0.6) is 0 Å². The Bertz CT molecular complexity index is 1320. The molecule has 36 heavy (non-hydrogen) atoms. The lowest BCUT2D eigenvalue weighted by molar-refractivity contribution is 0.0933. The Balaban J connectivity index is 1.39. The zero-order valence-electron chi connectivity index (χ0n) is 20.1. The highest BCUT2D eigenvalue weighted by Crippen LogP contribution is 2.23. The van der Waals surface area contributed by atoms with Crippen molar-refractivity contribution in [2.45, 2.75) is 31.7 Å². The standard InChI is InChI=1S/C22H27N7O6S/c1-4-34-22(31)27-11-13-28(14-12-27)36(32,33)17-7-5-16(6-8-17)19(30)24-21-26-25-20(35-21)18-9-10-23-29(18)15(2)3/h5-10,15H,4,11-14H2,1-3H3,(H,24,26,30). The molecule has 0 saturated carbocycles. The van der Waals surface area contributed by atoms with Crippen LogP contribution in [0.15, 0.2) is 45.8 Å². The van der Waals surface area contributed by atoms with E-state index in [0.717, 1.165) is 0 Å². The minimum absolute atomic E-state index is 0.0469. The van der Waals surface area contributed by atoms with Crippen molar-refractivity contribution < 1.29 is 27.2 Å². The fraction of sp³-hybridized carbons (Fsp3) is 0.409. The first-order chi connectivity index (χ1) is 17.2. The average Bonchev–Trinajstić information content (AvgIpc) is 3.54. The van der Waals surface area contributed by atoms with Gasteiger partial charge in [0.15, 0.2) is 0 Å². The summed E-state index contributed by atoms with van der Waals surface area (Å²) in [6.07, 6.45) is 1.16. The number of nitrogens with zero attached hydrogens (tertiary/aromatic N) is 6. The molecule has 1 N–H and O–H groups in total. The van der Waals surface area contributed by atoms with Gasteiger partial charge in [-0.3, -0.25) is 14.8 Å². The Morgan fingerprint density at radius 3 is 2.42 bits per heavy atom. The highest BCUT2D eigenvalue weighted by atomic mass is 32.2. The first kappa shape index (κ1) is 25.3. The van der Waals surface area contributed by atoms with Crippen molar-refractivity contribution in [1.82, 2.24) is 29.2 Å². The summed E-state index contributed by atoms with van der Waals surface area (Å²) in [5, 5.41) is 14.6. The van der Waals surface area contributed by atoms with Crippen molar-refractivity contribution in [3.63, 3.8) is 0 Å². The highest BCUT2D eigenvalue weighted by Gasteiger charge is 2.30. The van der Waals surface area contributed by atoms with Gasteiger partial charge in [0.2, 0.25) is 10.0 Å². The molecule has 4 rings (SSSR count). The summed E-state index contributed by atoms with van der Waals surface area (Å²) in [5.74, 6) is -0.324. The number of aromatic nitrogens is 4. The topological polar surface area (TPSA) is 153 Å². The molecule has 2 amide bonds. The van der Waals surface area contributed by atoms with E-state index < -0.39 is 22.0 Å². The third kappa shape index (κ3) is 5.23. The maximum atomic E-state index is 13.0. The fourth-order valence-electron chi connectivity index (χ4n) is 3.69. The van der Waals surface area contributed by atoms with E-state index in [0.29, 0.717) is 5.69 Å². The molecule has 13 nitrogen and oxygen atoms in total. The summed E-state index contributed by atoms with van der Waals surface area (Å²) in [7, 11) is -3.78. The van der Waals surface area contributed by atoms with Gasteiger partial charge in [-0.25, -0.2) is 13.2 Å². The second-order valence-corrected chi connectivity index (χ2v) is 10.2. The van der Waals surface area contributed by atoms with E-state index >= 15 is 0 Å². The number of piperazine rings is 1. The quantitative estimate of drug-likeness (QED) is 0.497. The van der Waals surface area contributed by atoms with Gasteiger partial charge in [0, 0.05) is 44.0 Å². The number of benzene rings is 1. The van der Waals surface area contributed by atoms with Gasteiger partial charge < -0.3 is 14.1 Å². The van der Waals surface area contributed by atoms with Crippen molar-refractivity contribution in [2.75, 3.05) is 38.1 Å². The lowest BCUT2D eigenvalue weighted by Gasteiger charge is -2.33. The predicted molar refractivity (Wildman–Crippen MR) is 128 cm³/mol. The number of carbonyl (C=O) groups is 2. The third-order valence-electron chi connectivity index (χ3n) is 5.54. The van der Waals surface area contributed by atoms with Crippen LogP contribution in [-0.2, 0) is 14.8 Å². The molecule has 192 valence electrons. The summed E-state index contributed by atoms with van der Waals surface area (Å²) < 4.78 is 39.5. The number of sulfonamides is 1. The molecule has 2 aromatic heterocycles. The van der Waals surface area contributed by atoms with Gasteiger partial charge >= 0.3 is 12.1 Å². The number of hydrogen-bond donors (Lipinski definition) is 1. The smallest absolute Gasteiger partial charge is 0.409 e. The van der Waals surface area contributed by atoms with E-state index in [4.69, 9.17) is 9.15 Å². The molecule has 0 aliphatic carbocycles. The lowest BCUT2D eigenvalue weighted by atomic mass is 10.2. The van der Waals surface area contributed by atoms with E-state index in [1.807, 2.05) is 13.8 Å². The third-order valence-corrected chi connectivity index (χ3v) is 7.46. The van der Waals surface area contributed by atoms with Crippen molar-refractivity contribution in [2.24, 2.45) is 0 Å². The Hall–Kier alpha value is -3.78. The largest absolute Gasteiger partial charge is 0.450 e. The first-order valence-electron chi connectivity index (χ1n) is 11.4. The molecule has 1 saturated heterocycles. The number of ether oxygens (including phenoxy) is 1. The predicted octanol–water partition coefficient (Wildman–Crippen LogP) is 2.23. The van der Waals surface area contributed by atoms with Crippen molar-refractivity contribution in [1.29, 1.82) is 0 Å². The highest BCUT2D eigenvalue weighted by molar-refractivity contribution is 7.89. The molecule has 14 heteroatoms. The molecular weight excluding hydrogens is 490 g/mol. The Morgan fingerprint density at radius 1 is 1.08 bits per heavy atom. The number of rotatable bonds is 7. The van der Waals surface area contributed by atoms with Gasteiger partial charge in [0.25, 0.3) is 11.8 Å². The second-order valence-electron chi connectivity index (χ2n) is 8.24. The Kier molecular flexibility index (Phi) is 7.35. The molecule has 0 atom stereocenters. The van der Waals surface area contributed by atoms with Crippen LogP contribution < -0.4 is 5.32 Å². The Labute approximate surface area is 208 Å². The van der Waals surface area contributed by atoms with E-state index in [1.54, 1.807) is 23.9 Å². The summed E-state index contributed by atoms with van der Waals surface area (Å²) in [4.78, 5) is 26.0. The number of amides is 2. The zero-order chi connectivity index (χ0) is 25.9. The molecular formula is C22H27N7O6S. The van der Waals surface area contributed by atoms with Gasteiger partial charge in [-0.2, -0.15) is 9.40 Å².